The molecule has 3 atom stereocenters. The Morgan fingerprint density at radius 3 is 1.79 bits per heavy atom. The molecule has 0 aliphatic carbocycles. The second kappa shape index (κ2) is 15.7. The van der Waals surface area contributed by atoms with Gasteiger partial charge in [-0.1, -0.05) is 31.2 Å². The summed E-state index contributed by atoms with van der Waals surface area (Å²) in [5.74, 6) is -1.87. The highest BCUT2D eigenvalue weighted by molar-refractivity contribution is 5.67. The minimum absolute atomic E-state index is 0.129. The molecule has 6 nitrogen and oxygen atoms in total. The van der Waals surface area contributed by atoms with Crippen molar-refractivity contribution in [2.75, 3.05) is 32.8 Å². The van der Waals surface area contributed by atoms with Gasteiger partial charge in [0, 0.05) is 11.9 Å². The van der Waals surface area contributed by atoms with Gasteiger partial charge in [0.05, 0.1) is 13.2 Å². The van der Waals surface area contributed by atoms with Gasteiger partial charge in [0.2, 0.25) is 0 Å². The fourth-order valence-electron chi connectivity index (χ4n) is 3.72. The molecular weight excluding hydrogens is 358 g/mol. The van der Waals surface area contributed by atoms with E-state index in [1.807, 2.05) is 26.0 Å². The van der Waals surface area contributed by atoms with E-state index in [0.29, 0.717) is 32.5 Å². The zero-order valence-electron chi connectivity index (χ0n) is 17.9. The number of nitrogens with zero attached hydrogens (tertiary/aromatic N) is 1. The molecule has 0 radical (unpaired) electrons. The average Bonchev–Trinajstić information content (AvgIpc) is 2.62. The van der Waals surface area contributed by atoms with Gasteiger partial charge in [-0.25, -0.2) is 0 Å². The van der Waals surface area contributed by atoms with Gasteiger partial charge in [-0.05, 0) is 52.4 Å². The van der Waals surface area contributed by atoms with Crippen LogP contribution in [-0.4, -0.2) is 70.8 Å². The maximum atomic E-state index is 11.3. The Kier molecular flexibility index (Phi) is 15.0. The molecule has 6 heteroatoms. The lowest BCUT2D eigenvalue weighted by atomic mass is 10.0. The lowest BCUT2D eigenvalue weighted by Gasteiger charge is -2.43. The first-order chi connectivity index (χ1) is 13.3. The van der Waals surface area contributed by atoms with Gasteiger partial charge in [-0.15, -0.1) is 0 Å². The van der Waals surface area contributed by atoms with Crippen LogP contribution in [0.25, 0.3) is 0 Å². The van der Waals surface area contributed by atoms with Gasteiger partial charge in [0.25, 0.3) is 0 Å². The summed E-state index contributed by atoms with van der Waals surface area (Å²) in [5.41, 5.74) is 0. The summed E-state index contributed by atoms with van der Waals surface area (Å²) in [7, 11) is 0. The Hall–Kier alpha value is -1.21. The zero-order chi connectivity index (χ0) is 21.4. The Bertz CT molecular complexity index is 438. The summed E-state index contributed by atoms with van der Waals surface area (Å²) < 4.78 is 0.182. The fraction of sp³-hybridized carbons (Fsp3) is 0.773. The molecule has 0 spiro atoms. The maximum Gasteiger partial charge on any atom is 0.105 e. The van der Waals surface area contributed by atoms with E-state index in [1.165, 1.54) is 0 Å². The standard InChI is InChI=1S/C22H41NO5/c1-4-6-8-10-12-20(25)17-23(14-15-24,16-19(3)22(27)28)18-21(26)13-11-9-7-5-2/h4-7,19-21,24-26H,8-18H2,1-3H3/b6-4+,7-5+. The minimum atomic E-state index is -1.15. The number of allylic oxidation sites excluding steroid dienone is 4. The van der Waals surface area contributed by atoms with Crippen molar-refractivity contribution in [3.05, 3.63) is 24.3 Å². The predicted molar refractivity (Wildman–Crippen MR) is 110 cm³/mol. The van der Waals surface area contributed by atoms with E-state index in [1.54, 1.807) is 6.92 Å². The monoisotopic (exact) mass is 399 g/mol. The third-order valence-corrected chi connectivity index (χ3v) is 5.12. The quantitative estimate of drug-likeness (QED) is 0.195. The van der Waals surface area contributed by atoms with Crippen LogP contribution in [-0.2, 0) is 4.79 Å². The molecule has 0 aromatic heterocycles. The Balaban J connectivity index is 5.13. The van der Waals surface area contributed by atoms with E-state index < -0.39 is 24.1 Å². The number of hydrogen-bond donors (Lipinski definition) is 3. The number of aliphatic carboxylic acids is 1. The lowest BCUT2D eigenvalue weighted by molar-refractivity contribution is -0.936. The summed E-state index contributed by atoms with van der Waals surface area (Å²) in [6, 6.07) is 0. The number of quaternary nitrogens is 1. The molecule has 0 aromatic rings. The van der Waals surface area contributed by atoms with Crippen LogP contribution in [0, 0.1) is 5.92 Å². The normalized spacial score (nSPS) is 17.6. The number of aliphatic hydroxyl groups is 3. The van der Waals surface area contributed by atoms with Crippen LogP contribution in [0.1, 0.15) is 59.3 Å². The lowest BCUT2D eigenvalue weighted by Crippen LogP contribution is -2.60. The van der Waals surface area contributed by atoms with Gasteiger partial charge in [-0.2, -0.15) is 0 Å². The van der Waals surface area contributed by atoms with E-state index in [2.05, 4.69) is 12.2 Å². The Morgan fingerprint density at radius 2 is 1.43 bits per heavy atom. The molecule has 0 bridgehead atoms. The second-order valence-corrected chi connectivity index (χ2v) is 7.86. The first-order valence-corrected chi connectivity index (χ1v) is 10.6. The van der Waals surface area contributed by atoms with Crippen LogP contribution in [0.3, 0.4) is 0 Å². The fourth-order valence-corrected chi connectivity index (χ4v) is 3.72. The van der Waals surface area contributed by atoms with Crippen molar-refractivity contribution in [1.29, 1.82) is 0 Å². The van der Waals surface area contributed by atoms with E-state index in [4.69, 9.17) is 0 Å². The number of aliphatic hydroxyl groups excluding tert-OH is 3. The van der Waals surface area contributed by atoms with Crippen molar-refractivity contribution in [2.24, 2.45) is 5.92 Å². The highest BCUT2D eigenvalue weighted by Crippen LogP contribution is 2.18. The molecule has 0 saturated carbocycles. The van der Waals surface area contributed by atoms with E-state index in [9.17, 15) is 25.2 Å². The molecule has 0 aromatic carbocycles. The van der Waals surface area contributed by atoms with Crippen LogP contribution >= 0.6 is 0 Å². The summed E-state index contributed by atoms with van der Waals surface area (Å²) in [6.45, 7) is 6.53. The summed E-state index contributed by atoms with van der Waals surface area (Å²) >= 11 is 0. The van der Waals surface area contributed by atoms with Crippen molar-refractivity contribution in [2.45, 2.75) is 71.5 Å². The molecule has 164 valence electrons. The second-order valence-electron chi connectivity index (χ2n) is 7.86. The number of carboxylic acid groups (broad SMARTS) is 1. The van der Waals surface area contributed by atoms with Gasteiger partial charge >= 0.3 is 0 Å². The van der Waals surface area contributed by atoms with Crippen molar-refractivity contribution in [3.63, 3.8) is 0 Å². The molecule has 0 aliphatic heterocycles. The number of hydrogen-bond acceptors (Lipinski definition) is 5. The number of unbranched alkanes of at least 4 members (excludes halogenated alkanes) is 2. The SMILES string of the molecule is C/C=C/CCCC(O)C[N+](CCO)(CC(O)CCC/C=C/C)CC(C)C(=O)[O-]. The van der Waals surface area contributed by atoms with Gasteiger partial charge in [0.15, 0.2) is 0 Å². The third-order valence-electron chi connectivity index (χ3n) is 5.12. The molecule has 0 rings (SSSR count). The molecule has 0 saturated heterocycles. The number of carboxylic acids is 1. The van der Waals surface area contributed by atoms with Gasteiger partial charge in [0.1, 0.15) is 31.8 Å². The average molecular weight is 400 g/mol. The smallest absolute Gasteiger partial charge is 0.105 e. The zero-order valence-corrected chi connectivity index (χ0v) is 17.9. The highest BCUT2D eigenvalue weighted by atomic mass is 16.4. The van der Waals surface area contributed by atoms with Crippen LogP contribution in [0.5, 0.6) is 0 Å². The molecule has 0 heterocycles. The predicted octanol–water partition coefficient (Wildman–Crippen LogP) is 1.40. The molecule has 3 unspecified atom stereocenters. The van der Waals surface area contributed by atoms with Crippen molar-refractivity contribution in [1.82, 2.24) is 0 Å². The molecule has 0 aliphatic rings. The van der Waals surface area contributed by atoms with Crippen LogP contribution in [0.4, 0.5) is 0 Å². The minimum Gasteiger partial charge on any atom is -0.550 e. The maximum absolute atomic E-state index is 11.3. The highest BCUT2D eigenvalue weighted by Gasteiger charge is 2.34. The molecule has 3 N–H and O–H groups in total. The summed E-state index contributed by atoms with van der Waals surface area (Å²) in [4.78, 5) is 11.3. The van der Waals surface area contributed by atoms with E-state index >= 15 is 0 Å². The van der Waals surface area contributed by atoms with Crippen LogP contribution < -0.4 is 5.11 Å². The molecule has 0 fully saturated rings. The van der Waals surface area contributed by atoms with E-state index in [-0.39, 0.29) is 17.6 Å². The topological polar surface area (TPSA) is 101 Å². The van der Waals surface area contributed by atoms with Crippen molar-refractivity contribution >= 4 is 5.97 Å². The first-order valence-electron chi connectivity index (χ1n) is 10.6. The van der Waals surface area contributed by atoms with Gasteiger partial charge < -0.3 is 29.7 Å². The molecular formula is C22H41NO5. The molecule has 28 heavy (non-hydrogen) atoms. The first kappa shape index (κ1) is 26.8. The molecule has 0 amide bonds. The van der Waals surface area contributed by atoms with Crippen LogP contribution in [0.2, 0.25) is 0 Å². The Labute approximate surface area is 170 Å². The van der Waals surface area contributed by atoms with E-state index in [0.717, 1.165) is 25.7 Å². The summed E-state index contributed by atoms with van der Waals surface area (Å²) in [5, 5.41) is 42.0. The number of carbonyl (C=O) groups is 1. The summed E-state index contributed by atoms with van der Waals surface area (Å²) in [6.07, 6.45) is 11.5. The van der Waals surface area contributed by atoms with Crippen molar-refractivity contribution < 1.29 is 29.7 Å². The van der Waals surface area contributed by atoms with Crippen molar-refractivity contribution in [3.8, 4) is 0 Å². The Morgan fingerprint density at radius 1 is 0.964 bits per heavy atom. The van der Waals surface area contributed by atoms with Crippen LogP contribution in [0.15, 0.2) is 24.3 Å². The number of rotatable bonds is 17. The third kappa shape index (κ3) is 12.3. The largest absolute Gasteiger partial charge is 0.550 e. The number of carbonyl (C=O) groups excluding carboxylic acids is 1. The van der Waals surface area contributed by atoms with Gasteiger partial charge in [-0.3, -0.25) is 0 Å².